The molecule has 0 amide bonds. The molecule has 0 unspecified atom stereocenters. The fraction of sp³-hybridized carbons (Fsp3) is 0.235. The molecule has 1 aliphatic carbocycles. The molecule has 0 aliphatic heterocycles. The topological polar surface area (TPSA) is 80.4 Å². The predicted octanol–water partition coefficient (Wildman–Crippen LogP) is 3.69. The van der Waals surface area contributed by atoms with Gasteiger partial charge in [0.2, 0.25) is 0 Å². The lowest BCUT2D eigenvalue weighted by atomic mass is 9.92. The Balaban J connectivity index is 1.99. The molecule has 2 aromatic rings. The van der Waals surface area contributed by atoms with Crippen LogP contribution in [0, 0.1) is 17.0 Å². The molecule has 0 saturated heterocycles. The Hall–Kier alpha value is -2.69. The van der Waals surface area contributed by atoms with Crippen molar-refractivity contribution in [3.63, 3.8) is 0 Å². The van der Waals surface area contributed by atoms with E-state index in [2.05, 4.69) is 0 Å². The van der Waals surface area contributed by atoms with Crippen LogP contribution in [0.3, 0.4) is 0 Å². The number of rotatable bonds is 4. The largest absolute Gasteiger partial charge is 0.481 e. The summed E-state index contributed by atoms with van der Waals surface area (Å²) in [6.07, 6.45) is 1.33. The lowest BCUT2D eigenvalue weighted by molar-refractivity contribution is -0.384. The molecule has 22 heavy (non-hydrogen) atoms. The van der Waals surface area contributed by atoms with Gasteiger partial charge in [-0.2, -0.15) is 0 Å². The van der Waals surface area contributed by atoms with Crippen LogP contribution in [0.4, 0.5) is 5.69 Å². The van der Waals surface area contributed by atoms with Gasteiger partial charge in [-0.15, -0.1) is 0 Å². The van der Waals surface area contributed by atoms with Crippen molar-refractivity contribution in [3.8, 4) is 11.1 Å². The average molecular weight is 297 g/mol. The highest BCUT2D eigenvalue weighted by Gasteiger charge is 2.51. The molecular formula is C17H15NO4. The number of nitrogens with zero attached hydrogens (tertiary/aromatic N) is 1. The number of aliphatic carboxylic acids is 1. The van der Waals surface area contributed by atoms with Gasteiger partial charge in [-0.1, -0.05) is 30.3 Å². The lowest BCUT2D eigenvalue weighted by Gasteiger charge is -2.12. The smallest absolute Gasteiger partial charge is 0.314 e. The van der Waals surface area contributed by atoms with Gasteiger partial charge in [-0.05, 0) is 42.0 Å². The second-order valence-corrected chi connectivity index (χ2v) is 5.72. The summed E-state index contributed by atoms with van der Waals surface area (Å²) < 4.78 is 0. The molecule has 0 radical (unpaired) electrons. The highest BCUT2D eigenvalue weighted by atomic mass is 16.6. The predicted molar refractivity (Wildman–Crippen MR) is 81.8 cm³/mol. The third kappa shape index (κ3) is 2.24. The minimum atomic E-state index is -0.785. The van der Waals surface area contributed by atoms with Crippen LogP contribution in [-0.4, -0.2) is 16.0 Å². The molecule has 0 spiro atoms. The van der Waals surface area contributed by atoms with Crippen LogP contribution in [0.1, 0.15) is 24.0 Å². The second kappa shape index (κ2) is 4.94. The van der Waals surface area contributed by atoms with Crippen LogP contribution >= 0.6 is 0 Å². The molecule has 0 atom stereocenters. The maximum atomic E-state index is 11.3. The van der Waals surface area contributed by atoms with Crippen LogP contribution < -0.4 is 0 Å². The number of carboxylic acids is 1. The van der Waals surface area contributed by atoms with Gasteiger partial charge in [0, 0.05) is 12.1 Å². The van der Waals surface area contributed by atoms with Crippen molar-refractivity contribution in [2.45, 2.75) is 25.2 Å². The van der Waals surface area contributed by atoms with Crippen LogP contribution in [-0.2, 0) is 10.2 Å². The Bertz CT molecular complexity index is 761. The van der Waals surface area contributed by atoms with E-state index in [1.807, 2.05) is 31.2 Å². The SMILES string of the molecule is Cc1ccc([N+](=O)[O-])cc1-c1ccc(C2(C(=O)O)CC2)cc1. The summed E-state index contributed by atoms with van der Waals surface area (Å²) in [6, 6.07) is 12.1. The molecule has 1 N–H and O–H groups in total. The van der Waals surface area contributed by atoms with E-state index >= 15 is 0 Å². The molecule has 1 aliphatic rings. The lowest BCUT2D eigenvalue weighted by Crippen LogP contribution is -2.19. The number of hydrogen-bond acceptors (Lipinski definition) is 3. The van der Waals surface area contributed by atoms with E-state index in [1.165, 1.54) is 6.07 Å². The van der Waals surface area contributed by atoms with Gasteiger partial charge < -0.3 is 5.11 Å². The van der Waals surface area contributed by atoms with Crippen molar-refractivity contribution in [2.24, 2.45) is 0 Å². The van der Waals surface area contributed by atoms with E-state index in [0.29, 0.717) is 12.8 Å². The van der Waals surface area contributed by atoms with Crippen molar-refractivity contribution < 1.29 is 14.8 Å². The van der Waals surface area contributed by atoms with Crippen molar-refractivity contribution >= 4 is 11.7 Å². The summed E-state index contributed by atoms with van der Waals surface area (Å²) >= 11 is 0. The number of benzene rings is 2. The standard InChI is InChI=1S/C17H15NO4/c1-11-2-7-14(18(21)22)10-15(11)12-3-5-13(6-4-12)17(8-9-17)16(19)20/h2-7,10H,8-9H2,1H3,(H,19,20). The van der Waals surface area contributed by atoms with E-state index in [0.717, 1.165) is 22.3 Å². The van der Waals surface area contributed by atoms with E-state index in [-0.39, 0.29) is 5.69 Å². The van der Waals surface area contributed by atoms with Crippen LogP contribution in [0.25, 0.3) is 11.1 Å². The molecular weight excluding hydrogens is 282 g/mol. The van der Waals surface area contributed by atoms with Gasteiger partial charge >= 0.3 is 5.97 Å². The fourth-order valence-corrected chi connectivity index (χ4v) is 2.75. The molecule has 5 nitrogen and oxygen atoms in total. The molecule has 1 saturated carbocycles. The van der Waals surface area contributed by atoms with Gasteiger partial charge in [0.25, 0.3) is 5.69 Å². The van der Waals surface area contributed by atoms with Gasteiger partial charge in [0.1, 0.15) is 0 Å². The number of non-ortho nitro benzene ring substituents is 1. The maximum Gasteiger partial charge on any atom is 0.314 e. The molecule has 0 heterocycles. The third-order valence-corrected chi connectivity index (χ3v) is 4.34. The highest BCUT2D eigenvalue weighted by Crippen LogP contribution is 2.48. The fourth-order valence-electron chi connectivity index (χ4n) is 2.75. The first-order chi connectivity index (χ1) is 10.4. The van der Waals surface area contributed by atoms with Gasteiger partial charge in [-0.25, -0.2) is 0 Å². The third-order valence-electron chi connectivity index (χ3n) is 4.34. The van der Waals surface area contributed by atoms with E-state index in [1.54, 1.807) is 12.1 Å². The number of aryl methyl sites for hydroxylation is 1. The molecule has 3 rings (SSSR count). The van der Waals surface area contributed by atoms with Gasteiger partial charge in [0.05, 0.1) is 10.3 Å². The highest BCUT2D eigenvalue weighted by molar-refractivity contribution is 5.85. The molecule has 0 bridgehead atoms. The normalized spacial score (nSPS) is 15.3. The minimum absolute atomic E-state index is 0.0499. The molecule has 2 aromatic carbocycles. The van der Waals surface area contributed by atoms with E-state index < -0.39 is 16.3 Å². The van der Waals surface area contributed by atoms with Crippen molar-refractivity contribution in [1.29, 1.82) is 0 Å². The number of hydrogen-bond donors (Lipinski definition) is 1. The monoisotopic (exact) mass is 297 g/mol. The first-order valence-corrected chi connectivity index (χ1v) is 7.03. The first kappa shape index (κ1) is 14.3. The van der Waals surface area contributed by atoms with Crippen molar-refractivity contribution in [3.05, 3.63) is 63.7 Å². The zero-order chi connectivity index (χ0) is 15.9. The Kier molecular flexibility index (Phi) is 3.20. The minimum Gasteiger partial charge on any atom is -0.481 e. The van der Waals surface area contributed by atoms with E-state index in [9.17, 15) is 20.0 Å². The zero-order valence-electron chi connectivity index (χ0n) is 12.1. The van der Waals surface area contributed by atoms with Gasteiger partial charge in [0.15, 0.2) is 0 Å². The summed E-state index contributed by atoms with van der Waals surface area (Å²) in [5.74, 6) is -0.785. The number of carboxylic acid groups (broad SMARTS) is 1. The van der Waals surface area contributed by atoms with Crippen molar-refractivity contribution in [1.82, 2.24) is 0 Å². The number of nitro groups is 1. The zero-order valence-corrected chi connectivity index (χ0v) is 12.1. The Morgan fingerprint density at radius 2 is 1.82 bits per heavy atom. The summed E-state index contributed by atoms with van der Waals surface area (Å²) in [5.41, 5.74) is 2.71. The van der Waals surface area contributed by atoms with Crippen LogP contribution in [0.15, 0.2) is 42.5 Å². The Morgan fingerprint density at radius 1 is 1.18 bits per heavy atom. The quantitative estimate of drug-likeness (QED) is 0.689. The molecule has 112 valence electrons. The molecule has 0 aromatic heterocycles. The Morgan fingerprint density at radius 3 is 2.32 bits per heavy atom. The van der Waals surface area contributed by atoms with Crippen LogP contribution in [0.5, 0.6) is 0 Å². The summed E-state index contributed by atoms with van der Waals surface area (Å²) in [5, 5.41) is 20.2. The van der Waals surface area contributed by atoms with E-state index in [4.69, 9.17) is 0 Å². The van der Waals surface area contributed by atoms with Gasteiger partial charge in [-0.3, -0.25) is 14.9 Å². The summed E-state index contributed by atoms with van der Waals surface area (Å²) in [7, 11) is 0. The molecule has 5 heteroatoms. The maximum absolute atomic E-state index is 11.3. The first-order valence-electron chi connectivity index (χ1n) is 7.03. The number of nitro benzene ring substituents is 1. The Labute approximate surface area is 127 Å². The second-order valence-electron chi connectivity index (χ2n) is 5.72. The van der Waals surface area contributed by atoms with Crippen molar-refractivity contribution in [2.75, 3.05) is 0 Å². The summed E-state index contributed by atoms with van der Waals surface area (Å²) in [4.78, 5) is 21.8. The number of carbonyl (C=O) groups is 1. The summed E-state index contributed by atoms with van der Waals surface area (Å²) in [6.45, 7) is 1.90. The average Bonchev–Trinajstić information content (AvgIpc) is 3.29. The molecule has 1 fully saturated rings. The van der Waals surface area contributed by atoms with Crippen LogP contribution in [0.2, 0.25) is 0 Å².